The number of unbranched alkanes of at least 4 members (excludes halogenated alkanes) is 3. The zero-order valence-electron chi connectivity index (χ0n) is 23.6. The summed E-state index contributed by atoms with van der Waals surface area (Å²) in [5.74, 6) is -1.40. The highest BCUT2D eigenvalue weighted by atomic mass is 16.6. The maximum atomic E-state index is 13.2. The van der Waals surface area contributed by atoms with Crippen molar-refractivity contribution in [2.45, 2.75) is 58.3 Å². The summed E-state index contributed by atoms with van der Waals surface area (Å²) in [4.78, 5) is 48.4. The Morgan fingerprint density at radius 3 is 2.24 bits per heavy atom. The van der Waals surface area contributed by atoms with Crippen LogP contribution in [0.1, 0.15) is 58.3 Å². The molecular weight excluding hydrogens is 532 g/mol. The molecule has 0 amide bonds. The van der Waals surface area contributed by atoms with Crippen LogP contribution in [0.5, 0.6) is 17.2 Å². The largest absolute Gasteiger partial charge is 0.493 e. The van der Waals surface area contributed by atoms with Crippen LogP contribution in [0.4, 0.5) is 0 Å². The number of esters is 2. The molecule has 3 aromatic rings. The Morgan fingerprint density at radius 1 is 0.902 bits per heavy atom. The van der Waals surface area contributed by atoms with Gasteiger partial charge in [-0.15, -0.1) is 0 Å². The van der Waals surface area contributed by atoms with Gasteiger partial charge in [-0.1, -0.05) is 31.4 Å². The zero-order chi connectivity index (χ0) is 29.8. The highest BCUT2D eigenvalue weighted by Crippen LogP contribution is 2.33. The number of carboxylic acid groups (broad SMARTS) is 1. The standard InChI is InChI=1S/C31H36O10/c1-20(32)40-23-14-12-21(13-15-23)25-19-39-26-18-28(27(38-3)17-24(26)30(25)34)41-29(33)11-6-4-5-9-22(31(35)36)10-7-8-16-37-2/h12-15,17-19,22H,4-11,16H2,1-3H3,(H,35,36)/t22-/m0/s1. The number of carbonyl (C=O) groups is 3. The van der Waals surface area contributed by atoms with E-state index >= 15 is 0 Å². The molecule has 0 unspecified atom stereocenters. The van der Waals surface area contributed by atoms with E-state index < -0.39 is 23.8 Å². The average Bonchev–Trinajstić information content (AvgIpc) is 2.94. The first-order chi connectivity index (χ1) is 19.7. The van der Waals surface area contributed by atoms with Gasteiger partial charge in [-0.2, -0.15) is 0 Å². The summed E-state index contributed by atoms with van der Waals surface area (Å²) in [7, 11) is 3.03. The Kier molecular flexibility index (Phi) is 11.9. The second-order valence-corrected chi connectivity index (χ2v) is 9.69. The smallest absolute Gasteiger partial charge is 0.311 e. The molecule has 2 aromatic carbocycles. The predicted molar refractivity (Wildman–Crippen MR) is 151 cm³/mol. The maximum absolute atomic E-state index is 13.2. The number of methoxy groups -OCH3 is 2. The summed E-state index contributed by atoms with van der Waals surface area (Å²) in [6.07, 6.45) is 6.25. The number of hydrogen-bond acceptors (Lipinski definition) is 9. The Labute approximate surface area is 238 Å². The second kappa shape index (κ2) is 15.6. The molecule has 1 N–H and O–H groups in total. The summed E-state index contributed by atoms with van der Waals surface area (Å²) in [5, 5.41) is 9.68. The van der Waals surface area contributed by atoms with Gasteiger partial charge in [0.2, 0.25) is 5.43 Å². The van der Waals surface area contributed by atoms with Crippen molar-refractivity contribution in [3.63, 3.8) is 0 Å². The molecule has 1 atom stereocenters. The van der Waals surface area contributed by atoms with Crippen LogP contribution < -0.4 is 19.6 Å². The molecular formula is C31H36O10. The quantitative estimate of drug-likeness (QED) is 0.129. The molecule has 0 spiro atoms. The van der Waals surface area contributed by atoms with E-state index in [1.807, 2.05) is 0 Å². The minimum absolute atomic E-state index is 0.133. The van der Waals surface area contributed by atoms with Gasteiger partial charge in [-0.05, 0) is 49.4 Å². The van der Waals surface area contributed by atoms with E-state index in [-0.39, 0.29) is 34.3 Å². The van der Waals surface area contributed by atoms with Crippen molar-refractivity contribution in [3.05, 3.63) is 52.9 Å². The van der Waals surface area contributed by atoms with Crippen LogP contribution in [0, 0.1) is 5.92 Å². The van der Waals surface area contributed by atoms with E-state index in [4.69, 9.17) is 23.4 Å². The fraction of sp³-hybridized carbons (Fsp3) is 0.419. The number of aliphatic carboxylic acids is 1. The summed E-state index contributed by atoms with van der Waals surface area (Å²) in [6.45, 7) is 1.93. The summed E-state index contributed by atoms with van der Waals surface area (Å²) in [6, 6.07) is 9.38. The number of ether oxygens (including phenoxy) is 4. The second-order valence-electron chi connectivity index (χ2n) is 9.69. The average molecular weight is 569 g/mol. The monoisotopic (exact) mass is 568 g/mol. The van der Waals surface area contributed by atoms with Crippen LogP contribution in [0.15, 0.2) is 51.9 Å². The fourth-order valence-corrected chi connectivity index (χ4v) is 4.48. The minimum Gasteiger partial charge on any atom is -0.493 e. The lowest BCUT2D eigenvalue weighted by atomic mass is 9.95. The molecule has 3 rings (SSSR count). The molecule has 1 heterocycles. The lowest BCUT2D eigenvalue weighted by Gasteiger charge is -2.12. The van der Waals surface area contributed by atoms with E-state index in [1.165, 1.54) is 32.4 Å². The molecule has 0 saturated heterocycles. The van der Waals surface area contributed by atoms with Crippen molar-refractivity contribution in [1.29, 1.82) is 0 Å². The third-order valence-corrected chi connectivity index (χ3v) is 6.64. The number of carboxylic acids is 1. The van der Waals surface area contributed by atoms with Gasteiger partial charge in [0.05, 0.1) is 24.0 Å². The molecule has 1 aromatic heterocycles. The summed E-state index contributed by atoms with van der Waals surface area (Å²) >= 11 is 0. The van der Waals surface area contributed by atoms with Gasteiger partial charge in [0.25, 0.3) is 0 Å². The lowest BCUT2D eigenvalue weighted by molar-refractivity contribution is -0.142. The van der Waals surface area contributed by atoms with E-state index in [9.17, 15) is 24.3 Å². The third kappa shape index (κ3) is 9.18. The maximum Gasteiger partial charge on any atom is 0.311 e. The minimum atomic E-state index is -0.791. The SMILES string of the molecule is COCCCC[C@H](CCCCCC(=O)Oc1cc2occ(-c3ccc(OC(C)=O)cc3)c(=O)c2cc1OC)C(=O)O. The van der Waals surface area contributed by atoms with Crippen LogP contribution >= 0.6 is 0 Å². The van der Waals surface area contributed by atoms with Crippen LogP contribution in [0.2, 0.25) is 0 Å². The van der Waals surface area contributed by atoms with Crippen molar-refractivity contribution < 1.29 is 42.9 Å². The molecule has 220 valence electrons. The first-order valence-electron chi connectivity index (χ1n) is 13.6. The molecule has 0 fully saturated rings. The van der Waals surface area contributed by atoms with Crippen LogP contribution in [-0.2, 0) is 19.1 Å². The van der Waals surface area contributed by atoms with Crippen LogP contribution in [-0.4, -0.2) is 43.8 Å². The molecule has 41 heavy (non-hydrogen) atoms. The zero-order valence-corrected chi connectivity index (χ0v) is 23.6. The van der Waals surface area contributed by atoms with Crippen molar-refractivity contribution >= 4 is 28.9 Å². The van der Waals surface area contributed by atoms with Gasteiger partial charge < -0.3 is 28.5 Å². The Hall–Kier alpha value is -4.18. The molecule has 0 aliphatic rings. The van der Waals surface area contributed by atoms with Crippen molar-refractivity contribution in [2.75, 3.05) is 20.8 Å². The first-order valence-corrected chi connectivity index (χ1v) is 13.6. The summed E-state index contributed by atoms with van der Waals surface area (Å²) in [5.41, 5.74) is 0.802. The van der Waals surface area contributed by atoms with E-state index in [1.54, 1.807) is 31.4 Å². The number of fused-ring (bicyclic) bond motifs is 1. The number of benzene rings is 2. The van der Waals surface area contributed by atoms with Crippen molar-refractivity contribution in [2.24, 2.45) is 5.92 Å². The number of carbonyl (C=O) groups excluding carboxylic acids is 2. The van der Waals surface area contributed by atoms with Gasteiger partial charge in [0.15, 0.2) is 11.5 Å². The highest BCUT2D eigenvalue weighted by Gasteiger charge is 2.18. The lowest BCUT2D eigenvalue weighted by Crippen LogP contribution is -2.14. The van der Waals surface area contributed by atoms with E-state index in [0.717, 1.165) is 12.8 Å². The Bertz CT molecular complexity index is 1390. The molecule has 0 aliphatic carbocycles. The van der Waals surface area contributed by atoms with E-state index in [0.29, 0.717) is 55.6 Å². The van der Waals surface area contributed by atoms with Gasteiger partial charge in [0, 0.05) is 33.1 Å². The molecule has 0 aliphatic heterocycles. The molecule has 10 heteroatoms. The molecule has 0 bridgehead atoms. The number of rotatable bonds is 16. The van der Waals surface area contributed by atoms with Gasteiger partial charge >= 0.3 is 17.9 Å². The fourth-order valence-electron chi connectivity index (χ4n) is 4.48. The highest BCUT2D eigenvalue weighted by molar-refractivity contribution is 5.86. The Morgan fingerprint density at radius 2 is 1.61 bits per heavy atom. The first kappa shape index (κ1) is 31.3. The Balaban J connectivity index is 1.60. The van der Waals surface area contributed by atoms with Crippen molar-refractivity contribution in [3.8, 4) is 28.4 Å². The third-order valence-electron chi connectivity index (χ3n) is 6.64. The number of hydrogen-bond donors (Lipinski definition) is 1. The predicted octanol–water partition coefficient (Wildman–Crippen LogP) is 5.77. The van der Waals surface area contributed by atoms with Crippen molar-refractivity contribution in [1.82, 2.24) is 0 Å². The van der Waals surface area contributed by atoms with Gasteiger partial charge in [0.1, 0.15) is 17.6 Å². The van der Waals surface area contributed by atoms with Gasteiger partial charge in [-0.25, -0.2) is 0 Å². The van der Waals surface area contributed by atoms with Gasteiger partial charge in [-0.3, -0.25) is 19.2 Å². The molecule has 0 saturated carbocycles. The molecule has 0 radical (unpaired) electrons. The normalized spacial score (nSPS) is 11.7. The summed E-state index contributed by atoms with van der Waals surface area (Å²) < 4.78 is 26.6. The molecule has 10 nitrogen and oxygen atoms in total. The van der Waals surface area contributed by atoms with Crippen LogP contribution in [0.25, 0.3) is 22.1 Å². The van der Waals surface area contributed by atoms with Crippen LogP contribution in [0.3, 0.4) is 0 Å². The topological polar surface area (TPSA) is 139 Å². The van der Waals surface area contributed by atoms with E-state index in [2.05, 4.69) is 0 Å².